The summed E-state index contributed by atoms with van der Waals surface area (Å²) >= 11 is 0. The number of nitrogens with two attached hydrogens (primary N) is 1. The van der Waals surface area contributed by atoms with Gasteiger partial charge in [0.25, 0.3) is 0 Å². The lowest BCUT2D eigenvalue weighted by atomic mass is 9.99. The average Bonchev–Trinajstić information content (AvgIpc) is 2.89. The van der Waals surface area contributed by atoms with Gasteiger partial charge >= 0.3 is 0 Å². The third-order valence-corrected chi connectivity index (χ3v) is 6.33. The Morgan fingerprint density at radius 1 is 1.06 bits per heavy atom. The van der Waals surface area contributed by atoms with E-state index in [1.807, 2.05) is 24.4 Å². The van der Waals surface area contributed by atoms with E-state index in [9.17, 15) is 0 Å². The Kier molecular flexibility index (Phi) is 6.12. The number of hydrogen-bond acceptors (Lipinski definition) is 8. The second-order valence-electron chi connectivity index (χ2n) is 8.53. The van der Waals surface area contributed by atoms with Crippen LogP contribution in [-0.4, -0.2) is 46.2 Å². The van der Waals surface area contributed by atoms with Crippen LogP contribution in [0.5, 0.6) is 5.75 Å². The number of methoxy groups -OCH3 is 1. The predicted molar refractivity (Wildman–Crippen MR) is 136 cm³/mol. The second kappa shape index (κ2) is 9.51. The summed E-state index contributed by atoms with van der Waals surface area (Å²) in [5.41, 5.74) is 8.94. The van der Waals surface area contributed by atoms with Crippen LogP contribution >= 0.6 is 0 Å². The molecule has 1 aliphatic heterocycles. The molecule has 1 aliphatic rings. The van der Waals surface area contributed by atoms with Gasteiger partial charge in [0.05, 0.1) is 12.8 Å². The van der Waals surface area contributed by atoms with Gasteiger partial charge in [-0.15, -0.1) is 0 Å². The van der Waals surface area contributed by atoms with Crippen molar-refractivity contribution in [2.45, 2.75) is 32.2 Å². The highest BCUT2D eigenvalue weighted by molar-refractivity contribution is 5.98. The number of nitrogens with zero attached hydrogens (tertiary/aromatic N) is 5. The number of piperidine rings is 1. The van der Waals surface area contributed by atoms with E-state index < -0.39 is 0 Å². The number of nitrogens with one attached hydrogen (secondary N) is 1. The van der Waals surface area contributed by atoms with Gasteiger partial charge in [0.2, 0.25) is 0 Å². The molecule has 0 bridgehead atoms. The first-order valence-electron chi connectivity index (χ1n) is 11.7. The molecular formula is C26H29N7O. The molecule has 0 aliphatic carbocycles. The number of fused-ring (bicyclic) bond motifs is 1. The number of ether oxygens (including phenoxy) is 1. The SMILES string of the molecule is CCc1nccc(-c2cc(NC3CCN(c4cc(N)ncn4)CC3)c3cc(OC)ccc3c2)n1. The summed E-state index contributed by atoms with van der Waals surface area (Å²) in [6.45, 7) is 3.88. The van der Waals surface area contributed by atoms with Crippen molar-refractivity contribution in [3.63, 3.8) is 0 Å². The minimum Gasteiger partial charge on any atom is -0.497 e. The molecular weight excluding hydrogens is 426 g/mol. The van der Waals surface area contributed by atoms with Gasteiger partial charge in [-0.3, -0.25) is 0 Å². The van der Waals surface area contributed by atoms with E-state index in [1.54, 1.807) is 7.11 Å². The van der Waals surface area contributed by atoms with Crippen molar-refractivity contribution in [2.75, 3.05) is 36.1 Å². The zero-order valence-corrected chi connectivity index (χ0v) is 19.5. The maximum absolute atomic E-state index is 5.84. The van der Waals surface area contributed by atoms with Crippen LogP contribution in [-0.2, 0) is 6.42 Å². The van der Waals surface area contributed by atoms with E-state index >= 15 is 0 Å². The average molecular weight is 456 g/mol. The van der Waals surface area contributed by atoms with Crippen LogP contribution in [0.2, 0.25) is 0 Å². The smallest absolute Gasteiger partial charge is 0.134 e. The van der Waals surface area contributed by atoms with E-state index in [2.05, 4.69) is 56.4 Å². The number of rotatable bonds is 6. The fraction of sp³-hybridized carbons (Fsp3) is 0.308. The van der Waals surface area contributed by atoms with Crippen molar-refractivity contribution in [3.05, 3.63) is 60.8 Å². The Morgan fingerprint density at radius 3 is 2.68 bits per heavy atom. The molecule has 3 heterocycles. The lowest BCUT2D eigenvalue weighted by molar-refractivity contribution is 0.415. The highest BCUT2D eigenvalue weighted by atomic mass is 16.5. The topological polar surface area (TPSA) is 102 Å². The quantitative estimate of drug-likeness (QED) is 0.443. The van der Waals surface area contributed by atoms with Gasteiger partial charge in [-0.1, -0.05) is 13.0 Å². The van der Waals surface area contributed by atoms with Crippen molar-refractivity contribution in [3.8, 4) is 17.0 Å². The molecule has 34 heavy (non-hydrogen) atoms. The summed E-state index contributed by atoms with van der Waals surface area (Å²) in [5, 5.41) is 6.10. The Hall–Kier alpha value is -3.94. The van der Waals surface area contributed by atoms with Crippen LogP contribution in [0.25, 0.3) is 22.0 Å². The molecule has 4 aromatic rings. The highest BCUT2D eigenvalue weighted by Gasteiger charge is 2.21. The Bertz CT molecular complexity index is 1300. The van der Waals surface area contributed by atoms with Crippen molar-refractivity contribution >= 4 is 28.1 Å². The maximum Gasteiger partial charge on any atom is 0.134 e. The standard InChI is InChI=1S/C26H29N7O/c1-3-25-28-9-6-22(32-25)18-12-17-4-5-20(34-2)14-21(17)23(13-18)31-19-7-10-33(11-8-19)26-15-24(27)29-16-30-26/h4-6,9,12-16,19,31H,3,7-8,10-11H2,1-2H3,(H2,27,29,30). The molecule has 8 nitrogen and oxygen atoms in total. The fourth-order valence-corrected chi connectivity index (χ4v) is 4.47. The van der Waals surface area contributed by atoms with E-state index in [0.29, 0.717) is 11.9 Å². The molecule has 8 heteroatoms. The van der Waals surface area contributed by atoms with Crippen molar-refractivity contribution < 1.29 is 4.74 Å². The number of aryl methyl sites for hydroxylation is 1. The molecule has 2 aromatic heterocycles. The van der Waals surface area contributed by atoms with Crippen molar-refractivity contribution in [1.82, 2.24) is 19.9 Å². The minimum absolute atomic E-state index is 0.344. The van der Waals surface area contributed by atoms with Crippen LogP contribution < -0.4 is 20.7 Å². The molecule has 0 amide bonds. The molecule has 0 spiro atoms. The van der Waals surface area contributed by atoms with Gasteiger partial charge in [-0.2, -0.15) is 0 Å². The van der Waals surface area contributed by atoms with Gasteiger partial charge in [-0.05, 0) is 48.6 Å². The van der Waals surface area contributed by atoms with Crippen LogP contribution in [0, 0.1) is 0 Å². The Balaban J connectivity index is 1.43. The van der Waals surface area contributed by atoms with Crippen LogP contribution in [0.1, 0.15) is 25.6 Å². The van der Waals surface area contributed by atoms with Crippen molar-refractivity contribution in [1.29, 1.82) is 0 Å². The van der Waals surface area contributed by atoms with Gasteiger partial charge in [0.1, 0.15) is 29.5 Å². The number of anilines is 3. The molecule has 5 rings (SSSR count). The summed E-state index contributed by atoms with van der Waals surface area (Å²) in [4.78, 5) is 19.8. The van der Waals surface area contributed by atoms with E-state index in [1.165, 1.54) is 6.33 Å². The third-order valence-electron chi connectivity index (χ3n) is 6.33. The Labute approximate surface area is 199 Å². The monoisotopic (exact) mass is 455 g/mol. The fourth-order valence-electron chi connectivity index (χ4n) is 4.47. The summed E-state index contributed by atoms with van der Waals surface area (Å²) in [6.07, 6.45) is 6.15. The molecule has 0 saturated carbocycles. The summed E-state index contributed by atoms with van der Waals surface area (Å²) < 4.78 is 5.51. The van der Waals surface area contributed by atoms with Crippen LogP contribution in [0.3, 0.4) is 0 Å². The highest BCUT2D eigenvalue weighted by Crippen LogP contribution is 2.34. The van der Waals surface area contributed by atoms with E-state index in [-0.39, 0.29) is 0 Å². The second-order valence-corrected chi connectivity index (χ2v) is 8.53. The zero-order valence-electron chi connectivity index (χ0n) is 19.5. The number of nitrogen functional groups attached to an aromatic ring is 1. The number of benzene rings is 2. The molecule has 2 aromatic carbocycles. The third kappa shape index (κ3) is 4.57. The van der Waals surface area contributed by atoms with E-state index in [4.69, 9.17) is 15.5 Å². The predicted octanol–water partition coefficient (Wildman–Crippen LogP) is 4.32. The van der Waals surface area contributed by atoms with E-state index in [0.717, 1.165) is 77.5 Å². The van der Waals surface area contributed by atoms with Crippen LogP contribution in [0.4, 0.5) is 17.3 Å². The summed E-state index contributed by atoms with van der Waals surface area (Å²) in [7, 11) is 1.70. The van der Waals surface area contributed by atoms with Crippen molar-refractivity contribution in [2.24, 2.45) is 0 Å². The molecule has 0 unspecified atom stereocenters. The molecule has 0 atom stereocenters. The maximum atomic E-state index is 5.84. The molecule has 0 radical (unpaired) electrons. The molecule has 174 valence electrons. The first-order valence-corrected chi connectivity index (χ1v) is 11.7. The van der Waals surface area contributed by atoms with Crippen LogP contribution in [0.15, 0.2) is 55.0 Å². The first-order chi connectivity index (χ1) is 16.6. The number of hydrogen-bond donors (Lipinski definition) is 2. The largest absolute Gasteiger partial charge is 0.497 e. The zero-order chi connectivity index (χ0) is 23.5. The molecule has 1 fully saturated rings. The minimum atomic E-state index is 0.344. The van der Waals surface area contributed by atoms with Gasteiger partial charge < -0.3 is 20.7 Å². The number of aromatic nitrogens is 4. The first kappa shape index (κ1) is 21.9. The van der Waals surface area contributed by atoms with Gasteiger partial charge in [0.15, 0.2) is 0 Å². The van der Waals surface area contributed by atoms with Gasteiger partial charge in [-0.25, -0.2) is 19.9 Å². The molecule has 1 saturated heterocycles. The van der Waals surface area contributed by atoms with Gasteiger partial charge in [0, 0.05) is 54.5 Å². The lowest BCUT2D eigenvalue weighted by Crippen LogP contribution is -2.39. The summed E-state index contributed by atoms with van der Waals surface area (Å²) in [5.74, 6) is 3.08. The summed E-state index contributed by atoms with van der Waals surface area (Å²) in [6, 6.07) is 14.7. The molecule has 3 N–H and O–H groups in total. The lowest BCUT2D eigenvalue weighted by Gasteiger charge is -2.34. The Morgan fingerprint density at radius 2 is 1.91 bits per heavy atom. The normalized spacial score (nSPS) is 14.4.